The van der Waals surface area contributed by atoms with Crippen LogP contribution in [-0.2, 0) is 16.1 Å². The van der Waals surface area contributed by atoms with Crippen LogP contribution in [0.15, 0.2) is 47.3 Å². The van der Waals surface area contributed by atoms with E-state index < -0.39 is 17.4 Å². The van der Waals surface area contributed by atoms with Crippen LogP contribution >= 0.6 is 0 Å². The molecule has 0 radical (unpaired) electrons. The molecule has 3 rings (SSSR count). The van der Waals surface area contributed by atoms with Gasteiger partial charge in [0.15, 0.2) is 0 Å². The summed E-state index contributed by atoms with van der Waals surface area (Å²) in [5, 5.41) is 5.28. The van der Waals surface area contributed by atoms with Crippen molar-refractivity contribution in [3.63, 3.8) is 0 Å². The van der Waals surface area contributed by atoms with Gasteiger partial charge >= 0.3 is 5.69 Å². The van der Waals surface area contributed by atoms with Crippen molar-refractivity contribution in [2.24, 2.45) is 0 Å². The molecule has 1 heterocycles. The largest absolute Gasteiger partial charge is 0.326 e. The Morgan fingerprint density at radius 1 is 1.12 bits per heavy atom. The van der Waals surface area contributed by atoms with E-state index in [9.17, 15) is 18.8 Å². The lowest BCUT2D eigenvalue weighted by Gasteiger charge is -2.08. The highest BCUT2D eigenvalue weighted by Gasteiger charge is 2.12. The van der Waals surface area contributed by atoms with Crippen molar-refractivity contribution >= 4 is 34.2 Å². The maximum atomic E-state index is 13.2. The van der Waals surface area contributed by atoms with Gasteiger partial charge in [0.25, 0.3) is 0 Å². The Balaban J connectivity index is 1.78. The molecule has 2 amide bonds. The predicted molar refractivity (Wildman–Crippen MR) is 91.9 cm³/mol. The van der Waals surface area contributed by atoms with Crippen LogP contribution in [0.2, 0.25) is 0 Å². The SMILES string of the molecule is CC(=O)Nc1cccc(NC(=O)Cn2c(=O)[nH]c3cc(F)ccc32)c1. The second-order valence-corrected chi connectivity index (χ2v) is 5.49. The number of aromatic nitrogens is 2. The highest BCUT2D eigenvalue weighted by Crippen LogP contribution is 2.16. The van der Waals surface area contributed by atoms with Crippen molar-refractivity contribution < 1.29 is 14.0 Å². The number of nitrogens with zero attached hydrogens (tertiary/aromatic N) is 1. The number of carbonyl (C=O) groups excluding carboxylic acids is 2. The molecule has 8 heteroatoms. The summed E-state index contributed by atoms with van der Waals surface area (Å²) < 4.78 is 14.4. The summed E-state index contributed by atoms with van der Waals surface area (Å²) >= 11 is 0. The van der Waals surface area contributed by atoms with Gasteiger partial charge in [0.05, 0.1) is 11.0 Å². The number of aromatic amines is 1. The lowest BCUT2D eigenvalue weighted by Crippen LogP contribution is -2.25. The van der Waals surface area contributed by atoms with Gasteiger partial charge in [0.1, 0.15) is 12.4 Å². The number of anilines is 2. The molecule has 25 heavy (non-hydrogen) atoms. The third-order valence-electron chi connectivity index (χ3n) is 3.50. The van der Waals surface area contributed by atoms with Crippen LogP contribution < -0.4 is 16.3 Å². The number of imidazole rings is 1. The first-order chi connectivity index (χ1) is 11.9. The monoisotopic (exact) mass is 342 g/mol. The molecule has 0 aliphatic carbocycles. The number of H-pyrrole nitrogens is 1. The average molecular weight is 342 g/mol. The van der Waals surface area contributed by atoms with Gasteiger partial charge in [-0.3, -0.25) is 14.2 Å². The number of amides is 2. The minimum atomic E-state index is -0.497. The van der Waals surface area contributed by atoms with Crippen LogP contribution in [0.5, 0.6) is 0 Å². The van der Waals surface area contributed by atoms with E-state index in [4.69, 9.17) is 0 Å². The maximum absolute atomic E-state index is 13.2. The maximum Gasteiger partial charge on any atom is 0.326 e. The second-order valence-electron chi connectivity index (χ2n) is 5.49. The number of benzene rings is 2. The van der Waals surface area contributed by atoms with Gasteiger partial charge in [0, 0.05) is 18.3 Å². The Morgan fingerprint density at radius 3 is 2.56 bits per heavy atom. The van der Waals surface area contributed by atoms with Gasteiger partial charge in [-0.1, -0.05) is 6.07 Å². The summed E-state index contributed by atoms with van der Waals surface area (Å²) in [6, 6.07) is 10.5. The highest BCUT2D eigenvalue weighted by molar-refractivity contribution is 5.93. The van der Waals surface area contributed by atoms with E-state index in [2.05, 4.69) is 15.6 Å². The molecule has 0 saturated carbocycles. The van der Waals surface area contributed by atoms with E-state index in [1.807, 2.05) is 0 Å². The minimum Gasteiger partial charge on any atom is -0.326 e. The predicted octanol–water partition coefficient (Wildman–Crippen LogP) is 2.07. The molecule has 2 aromatic carbocycles. The number of hydrogen-bond donors (Lipinski definition) is 3. The van der Waals surface area contributed by atoms with Gasteiger partial charge < -0.3 is 15.6 Å². The topological polar surface area (TPSA) is 96.0 Å². The molecule has 0 saturated heterocycles. The van der Waals surface area contributed by atoms with Crippen molar-refractivity contribution in [1.82, 2.24) is 9.55 Å². The van der Waals surface area contributed by atoms with E-state index in [0.717, 1.165) is 0 Å². The molecule has 7 nitrogen and oxygen atoms in total. The minimum absolute atomic E-state index is 0.221. The third kappa shape index (κ3) is 3.74. The van der Waals surface area contributed by atoms with Gasteiger partial charge in [-0.05, 0) is 36.4 Å². The molecule has 3 N–H and O–H groups in total. The van der Waals surface area contributed by atoms with Gasteiger partial charge in [-0.15, -0.1) is 0 Å². The molecule has 1 aromatic heterocycles. The van der Waals surface area contributed by atoms with E-state index in [1.54, 1.807) is 24.3 Å². The quantitative estimate of drug-likeness (QED) is 0.677. The van der Waals surface area contributed by atoms with Crippen molar-refractivity contribution in [2.45, 2.75) is 13.5 Å². The number of carbonyl (C=O) groups is 2. The fourth-order valence-electron chi connectivity index (χ4n) is 2.51. The Bertz CT molecular complexity index is 1020. The van der Waals surface area contributed by atoms with Gasteiger partial charge in [-0.2, -0.15) is 0 Å². The molecule has 0 bridgehead atoms. The van der Waals surface area contributed by atoms with E-state index in [-0.39, 0.29) is 12.5 Å². The Kier molecular flexibility index (Phi) is 4.34. The highest BCUT2D eigenvalue weighted by atomic mass is 19.1. The molecule has 0 fully saturated rings. The Morgan fingerprint density at radius 2 is 1.84 bits per heavy atom. The zero-order valence-corrected chi connectivity index (χ0v) is 13.3. The summed E-state index contributed by atoms with van der Waals surface area (Å²) in [5.41, 5.74) is 1.29. The van der Waals surface area contributed by atoms with Gasteiger partial charge in [0.2, 0.25) is 11.8 Å². The summed E-state index contributed by atoms with van der Waals surface area (Å²) in [7, 11) is 0. The van der Waals surface area contributed by atoms with E-state index in [0.29, 0.717) is 22.4 Å². The van der Waals surface area contributed by atoms with Crippen LogP contribution in [-0.4, -0.2) is 21.4 Å². The number of nitrogens with one attached hydrogen (secondary N) is 3. The van der Waals surface area contributed by atoms with Crippen molar-refractivity contribution in [3.05, 3.63) is 58.8 Å². The second kappa shape index (κ2) is 6.60. The zero-order chi connectivity index (χ0) is 18.0. The average Bonchev–Trinajstić information content (AvgIpc) is 2.82. The molecular weight excluding hydrogens is 327 g/mol. The molecule has 128 valence electrons. The lowest BCUT2D eigenvalue weighted by atomic mass is 10.2. The summed E-state index contributed by atoms with van der Waals surface area (Å²) in [4.78, 5) is 37.8. The first-order valence-electron chi connectivity index (χ1n) is 7.48. The summed E-state index contributed by atoms with van der Waals surface area (Å²) in [6.45, 7) is 1.16. The van der Waals surface area contributed by atoms with Crippen molar-refractivity contribution in [2.75, 3.05) is 10.6 Å². The molecule has 0 spiro atoms. The number of rotatable bonds is 4. The fourth-order valence-corrected chi connectivity index (χ4v) is 2.51. The Hall–Kier alpha value is -3.42. The Labute approximate surface area is 141 Å². The summed E-state index contributed by atoms with van der Waals surface area (Å²) in [5.74, 6) is -1.12. The lowest BCUT2D eigenvalue weighted by molar-refractivity contribution is -0.116. The number of hydrogen-bond acceptors (Lipinski definition) is 3. The summed E-state index contributed by atoms with van der Waals surface area (Å²) in [6.07, 6.45) is 0. The number of fused-ring (bicyclic) bond motifs is 1. The van der Waals surface area contributed by atoms with Crippen LogP contribution in [0.4, 0.5) is 15.8 Å². The first kappa shape index (κ1) is 16.4. The van der Waals surface area contributed by atoms with E-state index in [1.165, 1.54) is 29.7 Å². The molecule has 0 aliphatic rings. The van der Waals surface area contributed by atoms with Crippen LogP contribution in [0.1, 0.15) is 6.92 Å². The van der Waals surface area contributed by atoms with Crippen LogP contribution in [0.3, 0.4) is 0 Å². The van der Waals surface area contributed by atoms with Gasteiger partial charge in [-0.25, -0.2) is 9.18 Å². The molecular formula is C17H15FN4O3. The number of halogens is 1. The molecule has 0 unspecified atom stereocenters. The molecule has 3 aromatic rings. The van der Waals surface area contributed by atoms with Crippen LogP contribution in [0.25, 0.3) is 11.0 Å². The normalized spacial score (nSPS) is 10.6. The van der Waals surface area contributed by atoms with Crippen LogP contribution in [0, 0.1) is 5.82 Å². The molecule has 0 aliphatic heterocycles. The van der Waals surface area contributed by atoms with Crippen molar-refractivity contribution in [3.8, 4) is 0 Å². The first-order valence-corrected chi connectivity index (χ1v) is 7.48. The third-order valence-corrected chi connectivity index (χ3v) is 3.50. The van der Waals surface area contributed by atoms with Crippen molar-refractivity contribution in [1.29, 1.82) is 0 Å². The zero-order valence-electron chi connectivity index (χ0n) is 13.3. The fraction of sp³-hybridized carbons (Fsp3) is 0.118. The van der Waals surface area contributed by atoms with E-state index >= 15 is 0 Å². The molecule has 0 atom stereocenters. The smallest absolute Gasteiger partial charge is 0.326 e. The standard InChI is InChI=1S/C17H15FN4O3/c1-10(23)19-12-3-2-4-13(8-12)20-16(24)9-22-15-6-5-11(18)7-14(15)21-17(22)25/h2-8H,9H2,1H3,(H,19,23)(H,20,24)(H,21,25).